The first kappa shape index (κ1) is 13.8. The fourth-order valence-corrected chi connectivity index (χ4v) is 4.36. The lowest BCUT2D eigenvalue weighted by molar-refractivity contribution is -0.0618. The van der Waals surface area contributed by atoms with E-state index in [9.17, 15) is 0 Å². The van der Waals surface area contributed by atoms with Crippen molar-refractivity contribution in [1.29, 1.82) is 0 Å². The Morgan fingerprint density at radius 3 is 2.82 bits per heavy atom. The summed E-state index contributed by atoms with van der Waals surface area (Å²) in [5, 5.41) is 1.06. The molecule has 1 aromatic heterocycles. The number of nitrogen functional groups attached to an aromatic ring is 1. The number of pyridine rings is 1. The Morgan fingerprint density at radius 1 is 1.27 bits per heavy atom. The summed E-state index contributed by atoms with van der Waals surface area (Å²) in [7, 11) is 1.82. The highest BCUT2D eigenvalue weighted by Gasteiger charge is 2.49. The zero-order chi connectivity index (χ0) is 15.5. The number of fused-ring (bicyclic) bond motifs is 5. The molecule has 1 aromatic carbocycles. The summed E-state index contributed by atoms with van der Waals surface area (Å²) in [4.78, 5) is 4.92. The van der Waals surface area contributed by atoms with Crippen LogP contribution >= 0.6 is 0 Å². The average molecular weight is 294 g/mol. The predicted molar refractivity (Wildman–Crippen MR) is 89.9 cm³/mol. The number of para-hydroxylation sites is 1. The lowest BCUT2D eigenvalue weighted by Crippen LogP contribution is -2.49. The number of ether oxygens (including phenoxy) is 1. The third kappa shape index (κ3) is 1.69. The van der Waals surface area contributed by atoms with E-state index in [0.717, 1.165) is 35.1 Å². The summed E-state index contributed by atoms with van der Waals surface area (Å²) < 4.78 is 5.99. The number of hydrogen-bond acceptors (Lipinski definition) is 3. The van der Waals surface area contributed by atoms with E-state index in [0.29, 0.717) is 5.92 Å². The summed E-state index contributed by atoms with van der Waals surface area (Å²) in [6.07, 6.45) is 4.27. The molecule has 0 radical (unpaired) electrons. The van der Waals surface area contributed by atoms with Gasteiger partial charge in [-0.05, 0) is 32.8 Å². The molecule has 0 spiro atoms. The average Bonchev–Trinajstić information content (AvgIpc) is 2.50. The number of nitrogens with two attached hydrogens (primary N) is 1. The highest BCUT2D eigenvalue weighted by molar-refractivity contribution is 5.92. The van der Waals surface area contributed by atoms with Gasteiger partial charge in [-0.1, -0.05) is 29.8 Å². The van der Waals surface area contributed by atoms with Gasteiger partial charge in [0, 0.05) is 41.3 Å². The molecular formula is C19H22N2O. The van der Waals surface area contributed by atoms with Gasteiger partial charge in [-0.3, -0.25) is 4.98 Å². The van der Waals surface area contributed by atoms with Crippen LogP contribution in [0.15, 0.2) is 35.9 Å². The van der Waals surface area contributed by atoms with Crippen LogP contribution in [-0.4, -0.2) is 17.7 Å². The quantitative estimate of drug-likeness (QED) is 0.813. The summed E-state index contributed by atoms with van der Waals surface area (Å²) in [5.41, 5.74) is 12.1. The van der Waals surface area contributed by atoms with Crippen molar-refractivity contribution < 1.29 is 4.74 Å². The van der Waals surface area contributed by atoms with Gasteiger partial charge in [-0.15, -0.1) is 0 Å². The lowest BCUT2D eigenvalue weighted by atomic mass is 9.61. The molecule has 2 bridgehead atoms. The maximum atomic E-state index is 6.58. The van der Waals surface area contributed by atoms with Gasteiger partial charge in [-0.25, -0.2) is 0 Å². The molecule has 0 amide bonds. The van der Waals surface area contributed by atoms with Crippen LogP contribution in [0.25, 0.3) is 10.9 Å². The molecule has 0 saturated carbocycles. The molecule has 3 atom stereocenters. The van der Waals surface area contributed by atoms with Gasteiger partial charge in [0.15, 0.2) is 0 Å². The van der Waals surface area contributed by atoms with E-state index in [1.54, 1.807) is 0 Å². The first-order valence-electron chi connectivity index (χ1n) is 7.94. The molecule has 0 fully saturated rings. The Kier molecular flexibility index (Phi) is 2.85. The van der Waals surface area contributed by atoms with E-state index < -0.39 is 0 Å². The smallest absolute Gasteiger partial charge is 0.0789 e. The number of aromatic nitrogens is 1. The molecule has 22 heavy (non-hydrogen) atoms. The number of rotatable bonds is 1. The molecule has 0 saturated heterocycles. The van der Waals surface area contributed by atoms with Crippen molar-refractivity contribution in [2.24, 2.45) is 5.92 Å². The largest absolute Gasteiger partial charge is 0.398 e. The van der Waals surface area contributed by atoms with Crippen LogP contribution in [-0.2, 0) is 11.2 Å². The summed E-state index contributed by atoms with van der Waals surface area (Å²) in [6, 6.07) is 8.17. The monoisotopic (exact) mass is 294 g/mol. The lowest BCUT2D eigenvalue weighted by Gasteiger charge is -2.49. The minimum absolute atomic E-state index is 0.190. The van der Waals surface area contributed by atoms with Crippen molar-refractivity contribution in [1.82, 2.24) is 4.98 Å². The van der Waals surface area contributed by atoms with E-state index in [1.165, 1.54) is 11.1 Å². The number of nitrogens with zero attached hydrogens (tertiary/aromatic N) is 1. The number of allylic oxidation sites excluding steroid dienone is 1. The normalized spacial score (nSPS) is 30.0. The van der Waals surface area contributed by atoms with Crippen LogP contribution in [0.1, 0.15) is 37.4 Å². The zero-order valence-corrected chi connectivity index (χ0v) is 13.4. The van der Waals surface area contributed by atoms with E-state index in [-0.39, 0.29) is 11.5 Å². The Labute approximate surface area is 131 Å². The molecule has 1 heterocycles. The second-order valence-corrected chi connectivity index (χ2v) is 6.87. The third-order valence-electron chi connectivity index (χ3n) is 5.69. The third-order valence-corrected chi connectivity index (χ3v) is 5.69. The van der Waals surface area contributed by atoms with Gasteiger partial charge in [0.05, 0.1) is 11.1 Å². The van der Waals surface area contributed by atoms with Crippen LogP contribution in [0.2, 0.25) is 0 Å². The molecule has 114 valence electrons. The van der Waals surface area contributed by atoms with Crippen LogP contribution < -0.4 is 5.73 Å². The summed E-state index contributed by atoms with van der Waals surface area (Å²) >= 11 is 0. The van der Waals surface area contributed by atoms with Crippen molar-refractivity contribution in [3.8, 4) is 0 Å². The first-order chi connectivity index (χ1) is 10.5. The van der Waals surface area contributed by atoms with Crippen molar-refractivity contribution >= 4 is 16.6 Å². The number of hydrogen-bond donors (Lipinski definition) is 1. The molecule has 0 aliphatic heterocycles. The molecule has 2 aromatic rings. The van der Waals surface area contributed by atoms with Crippen molar-refractivity contribution in [3.05, 3.63) is 47.2 Å². The van der Waals surface area contributed by atoms with Crippen LogP contribution in [0.3, 0.4) is 0 Å². The van der Waals surface area contributed by atoms with Gasteiger partial charge in [-0.2, -0.15) is 0 Å². The highest BCUT2D eigenvalue weighted by atomic mass is 16.5. The van der Waals surface area contributed by atoms with E-state index in [1.807, 2.05) is 25.3 Å². The molecule has 3 heteroatoms. The first-order valence-corrected chi connectivity index (χ1v) is 7.94. The zero-order valence-electron chi connectivity index (χ0n) is 13.4. The van der Waals surface area contributed by atoms with Crippen LogP contribution in [0, 0.1) is 5.92 Å². The van der Waals surface area contributed by atoms with Gasteiger partial charge >= 0.3 is 0 Å². The summed E-state index contributed by atoms with van der Waals surface area (Å²) in [5.74, 6) is 0.658. The van der Waals surface area contributed by atoms with Gasteiger partial charge < -0.3 is 10.5 Å². The van der Waals surface area contributed by atoms with Gasteiger partial charge in [0.25, 0.3) is 0 Å². The van der Waals surface area contributed by atoms with Crippen LogP contribution in [0.4, 0.5) is 5.69 Å². The summed E-state index contributed by atoms with van der Waals surface area (Å²) in [6.45, 7) is 4.44. The van der Waals surface area contributed by atoms with E-state index in [2.05, 4.69) is 26.0 Å². The van der Waals surface area contributed by atoms with Crippen molar-refractivity contribution in [3.63, 3.8) is 0 Å². The second kappa shape index (κ2) is 4.56. The van der Waals surface area contributed by atoms with Crippen LogP contribution in [0.5, 0.6) is 0 Å². The molecule has 3 nitrogen and oxygen atoms in total. The van der Waals surface area contributed by atoms with Gasteiger partial charge in [0.2, 0.25) is 0 Å². The number of anilines is 1. The second-order valence-electron chi connectivity index (χ2n) is 6.87. The molecule has 2 aliphatic rings. The fourth-order valence-electron chi connectivity index (χ4n) is 4.36. The number of methoxy groups -OCH3 is 1. The number of benzene rings is 1. The van der Waals surface area contributed by atoms with E-state index in [4.69, 9.17) is 15.5 Å². The minimum atomic E-state index is -0.190. The highest BCUT2D eigenvalue weighted by Crippen LogP contribution is 2.53. The Hall–Kier alpha value is -1.87. The SMILES string of the molecule is COC1(C)C2C=C(C)CC1c1c(nc3ccccc3c1N)C2. The Balaban J connectivity index is 2.01. The van der Waals surface area contributed by atoms with Crippen molar-refractivity contribution in [2.45, 2.75) is 38.2 Å². The van der Waals surface area contributed by atoms with E-state index >= 15 is 0 Å². The Bertz CT molecular complexity index is 795. The molecule has 4 rings (SSSR count). The molecule has 2 aliphatic carbocycles. The molecule has 3 unspecified atom stereocenters. The van der Waals surface area contributed by atoms with Gasteiger partial charge in [0.1, 0.15) is 0 Å². The topological polar surface area (TPSA) is 48.1 Å². The molecular weight excluding hydrogens is 272 g/mol. The molecule has 2 N–H and O–H groups in total. The predicted octanol–water partition coefficient (Wildman–Crippen LogP) is 3.83. The Morgan fingerprint density at radius 2 is 2.05 bits per heavy atom. The standard InChI is InChI=1S/C19H22N2O/c1-11-8-12-10-16-17(14(9-11)19(12,2)22-3)18(20)13-6-4-5-7-15(13)21-16/h4-8,12,14H,9-10H2,1-3H3,(H2,20,21). The maximum Gasteiger partial charge on any atom is 0.0789 e. The fraction of sp³-hybridized carbons (Fsp3) is 0.421. The maximum absolute atomic E-state index is 6.58. The van der Waals surface area contributed by atoms with Crippen molar-refractivity contribution in [2.75, 3.05) is 12.8 Å². The minimum Gasteiger partial charge on any atom is -0.398 e.